The molecule has 6 nitrogen and oxygen atoms in total. The molecule has 1 aliphatic heterocycles. The molecule has 1 fully saturated rings. The van der Waals surface area contributed by atoms with Crippen LogP contribution in [0, 0.1) is 0 Å². The second kappa shape index (κ2) is 8.00. The fourth-order valence-corrected chi connectivity index (χ4v) is 2.69. The predicted molar refractivity (Wildman–Crippen MR) is 89.2 cm³/mol. The first-order valence-electron chi connectivity index (χ1n) is 6.62. The maximum atomic E-state index is 11.8. The molecular weight excluding hydrogens is 324 g/mol. The van der Waals surface area contributed by atoms with E-state index in [0.717, 1.165) is 5.75 Å². The molecular formula is C14H16N2O4S2. The number of cyclic esters (lactones) is 1. The molecule has 0 unspecified atom stereocenters. The fourth-order valence-electron chi connectivity index (χ4n) is 1.81. The predicted octanol–water partition coefficient (Wildman–Crippen LogP) is 1.56. The zero-order chi connectivity index (χ0) is 15.9. The molecule has 1 aromatic carbocycles. The summed E-state index contributed by atoms with van der Waals surface area (Å²) < 4.78 is 10.3. The van der Waals surface area contributed by atoms with Crippen molar-refractivity contribution in [2.24, 2.45) is 0 Å². The van der Waals surface area contributed by atoms with Gasteiger partial charge < -0.3 is 20.1 Å². The lowest BCUT2D eigenvalue weighted by molar-refractivity contribution is -0.139. The summed E-state index contributed by atoms with van der Waals surface area (Å²) in [5.41, 5.74) is 0.685. The smallest absolute Gasteiger partial charge is 0.328 e. The van der Waals surface area contributed by atoms with Crippen LogP contribution in [-0.2, 0) is 14.3 Å². The Balaban J connectivity index is 1.72. The van der Waals surface area contributed by atoms with Crippen molar-refractivity contribution in [1.29, 1.82) is 0 Å². The average molecular weight is 340 g/mol. The lowest BCUT2D eigenvalue weighted by Crippen LogP contribution is -2.36. The topological polar surface area (TPSA) is 76.7 Å². The quantitative estimate of drug-likeness (QED) is 0.622. The van der Waals surface area contributed by atoms with Crippen LogP contribution < -0.4 is 15.4 Å². The summed E-state index contributed by atoms with van der Waals surface area (Å²) in [5.74, 6) is 0.416. The van der Waals surface area contributed by atoms with Crippen molar-refractivity contribution in [2.45, 2.75) is 12.5 Å². The third kappa shape index (κ3) is 4.88. The van der Waals surface area contributed by atoms with Crippen molar-refractivity contribution in [3.8, 4) is 5.75 Å². The number of esters is 1. The number of ether oxygens (including phenoxy) is 2. The van der Waals surface area contributed by atoms with Gasteiger partial charge in [-0.25, -0.2) is 4.79 Å². The van der Waals surface area contributed by atoms with Gasteiger partial charge in [0.25, 0.3) is 0 Å². The van der Waals surface area contributed by atoms with E-state index in [2.05, 4.69) is 10.6 Å². The minimum atomic E-state index is -0.398. The first-order chi connectivity index (χ1) is 10.6. The number of nitrogens with one attached hydrogen (secondary N) is 2. The number of methoxy groups -OCH3 is 1. The molecule has 1 heterocycles. The van der Waals surface area contributed by atoms with Gasteiger partial charge in [0, 0.05) is 12.1 Å². The average Bonchev–Trinajstić information content (AvgIpc) is 2.91. The Hall–Kier alpha value is -1.80. The molecule has 0 spiro atoms. The number of carbonyl (C=O) groups excluding carboxylic acids is 2. The number of benzene rings is 1. The Kier molecular flexibility index (Phi) is 6.02. The van der Waals surface area contributed by atoms with Crippen molar-refractivity contribution >= 4 is 45.9 Å². The van der Waals surface area contributed by atoms with E-state index in [1.54, 1.807) is 31.4 Å². The number of carbonyl (C=O) groups is 2. The van der Waals surface area contributed by atoms with Gasteiger partial charge in [-0.2, -0.15) is 0 Å². The highest BCUT2D eigenvalue weighted by Crippen LogP contribution is 2.15. The molecule has 1 aliphatic rings. The summed E-state index contributed by atoms with van der Waals surface area (Å²) in [5, 5.41) is 5.64. The molecule has 1 atom stereocenters. The summed E-state index contributed by atoms with van der Waals surface area (Å²) in [6.45, 7) is 0.404. The van der Waals surface area contributed by atoms with Crippen LogP contribution in [-0.4, -0.2) is 41.7 Å². The third-order valence-corrected chi connectivity index (χ3v) is 4.19. The van der Waals surface area contributed by atoms with Gasteiger partial charge in [0.05, 0.1) is 19.5 Å². The number of thioether (sulfide) groups is 1. The molecule has 0 saturated carbocycles. The van der Waals surface area contributed by atoms with Gasteiger partial charge in [-0.1, -0.05) is 24.0 Å². The fraction of sp³-hybridized carbons (Fsp3) is 0.357. The zero-order valence-electron chi connectivity index (χ0n) is 12.0. The normalized spacial score (nSPS) is 16.8. The van der Waals surface area contributed by atoms with Gasteiger partial charge in [0.15, 0.2) is 0 Å². The van der Waals surface area contributed by atoms with Crippen molar-refractivity contribution in [2.75, 3.05) is 24.8 Å². The second-order valence-corrected chi connectivity index (χ2v) is 6.16. The van der Waals surface area contributed by atoms with Crippen LogP contribution in [0.4, 0.5) is 5.69 Å². The van der Waals surface area contributed by atoms with Crippen LogP contribution in [0.15, 0.2) is 24.3 Å². The first kappa shape index (κ1) is 16.6. The lowest BCUT2D eigenvalue weighted by atomic mass is 10.3. The Morgan fingerprint density at radius 1 is 1.45 bits per heavy atom. The molecule has 1 saturated heterocycles. The van der Waals surface area contributed by atoms with Gasteiger partial charge in [-0.15, -0.1) is 0 Å². The summed E-state index contributed by atoms with van der Waals surface area (Å²) in [6, 6.07) is 6.64. The molecule has 1 aromatic rings. The van der Waals surface area contributed by atoms with Crippen LogP contribution >= 0.6 is 24.0 Å². The zero-order valence-corrected chi connectivity index (χ0v) is 13.6. The first-order valence-corrected chi connectivity index (χ1v) is 8.01. The summed E-state index contributed by atoms with van der Waals surface area (Å²) in [4.78, 5) is 23.1. The highest BCUT2D eigenvalue weighted by molar-refractivity contribution is 8.23. The maximum Gasteiger partial charge on any atom is 0.328 e. The van der Waals surface area contributed by atoms with Crippen molar-refractivity contribution in [1.82, 2.24) is 5.32 Å². The molecule has 0 radical (unpaired) electrons. The van der Waals surface area contributed by atoms with E-state index in [9.17, 15) is 9.59 Å². The molecule has 2 rings (SSSR count). The Bertz CT molecular complexity index is 562. The van der Waals surface area contributed by atoms with E-state index in [-0.39, 0.29) is 17.6 Å². The van der Waals surface area contributed by atoms with E-state index in [4.69, 9.17) is 21.7 Å². The van der Waals surface area contributed by atoms with Gasteiger partial charge in [-0.05, 0) is 24.3 Å². The Morgan fingerprint density at radius 3 is 2.77 bits per heavy atom. The number of rotatable bonds is 5. The lowest BCUT2D eigenvalue weighted by Gasteiger charge is -2.11. The van der Waals surface area contributed by atoms with E-state index < -0.39 is 6.04 Å². The standard InChI is InChI=1S/C14H16N2O4S2/c1-19-10-4-2-9(3-5-10)15-12(17)8-22-14(21)16-11-6-7-20-13(11)18/h2-5,11H,6-8H2,1H3,(H,15,17)(H,16,21)/t11-/m0/s1. The summed E-state index contributed by atoms with van der Waals surface area (Å²) in [7, 11) is 1.58. The molecule has 1 amide bonds. The van der Waals surface area contributed by atoms with Crippen LogP contribution in [0.1, 0.15) is 6.42 Å². The highest BCUT2D eigenvalue weighted by atomic mass is 32.2. The number of hydrogen-bond acceptors (Lipinski definition) is 6. The summed E-state index contributed by atoms with van der Waals surface area (Å²) in [6.07, 6.45) is 0.595. The van der Waals surface area contributed by atoms with Gasteiger partial charge in [0.2, 0.25) is 5.91 Å². The molecule has 8 heteroatoms. The molecule has 0 aliphatic carbocycles. The van der Waals surface area contributed by atoms with E-state index >= 15 is 0 Å². The maximum absolute atomic E-state index is 11.8. The number of hydrogen-bond donors (Lipinski definition) is 2. The minimum Gasteiger partial charge on any atom is -0.497 e. The van der Waals surface area contributed by atoms with Crippen LogP contribution in [0.3, 0.4) is 0 Å². The van der Waals surface area contributed by atoms with Gasteiger partial charge in [0.1, 0.15) is 16.1 Å². The van der Waals surface area contributed by atoms with E-state index in [0.29, 0.717) is 23.0 Å². The number of thiocarbonyl (C=S) groups is 1. The minimum absolute atomic E-state index is 0.166. The van der Waals surface area contributed by atoms with Crippen LogP contribution in [0.2, 0.25) is 0 Å². The second-order valence-electron chi connectivity index (χ2n) is 4.51. The monoisotopic (exact) mass is 340 g/mol. The third-order valence-electron chi connectivity index (χ3n) is 2.94. The molecule has 2 N–H and O–H groups in total. The Morgan fingerprint density at radius 2 is 2.18 bits per heavy atom. The summed E-state index contributed by atoms with van der Waals surface area (Å²) >= 11 is 6.28. The van der Waals surface area contributed by atoms with Crippen LogP contribution in [0.25, 0.3) is 0 Å². The molecule has 0 aromatic heterocycles. The highest BCUT2D eigenvalue weighted by Gasteiger charge is 2.26. The molecule has 0 bridgehead atoms. The largest absolute Gasteiger partial charge is 0.497 e. The SMILES string of the molecule is COc1ccc(NC(=O)CSC(=S)N[C@H]2CCOC2=O)cc1. The van der Waals surface area contributed by atoms with Gasteiger partial charge >= 0.3 is 5.97 Å². The molecule has 22 heavy (non-hydrogen) atoms. The van der Waals surface area contributed by atoms with Crippen molar-refractivity contribution < 1.29 is 19.1 Å². The number of anilines is 1. The Labute approximate surface area is 137 Å². The van der Waals surface area contributed by atoms with Crippen molar-refractivity contribution in [3.05, 3.63) is 24.3 Å². The van der Waals surface area contributed by atoms with E-state index in [1.807, 2.05) is 0 Å². The van der Waals surface area contributed by atoms with E-state index in [1.165, 1.54) is 11.8 Å². The van der Waals surface area contributed by atoms with Gasteiger partial charge in [-0.3, -0.25) is 4.79 Å². The van der Waals surface area contributed by atoms with Crippen molar-refractivity contribution in [3.63, 3.8) is 0 Å². The number of amides is 1. The van der Waals surface area contributed by atoms with Crippen LogP contribution in [0.5, 0.6) is 5.75 Å². The molecule has 118 valence electrons.